The van der Waals surface area contributed by atoms with Crippen LogP contribution in [-0.4, -0.2) is 11.1 Å². The smallest absolute Gasteiger partial charge is 0.306 e. The molecule has 0 aliphatic heterocycles. The first-order valence-electron chi connectivity index (χ1n) is 4.59. The summed E-state index contributed by atoms with van der Waals surface area (Å²) in [5.74, 6) is -1.14. The molecule has 0 amide bonds. The number of carbonyl (C=O) groups is 1. The predicted octanol–water partition coefficient (Wildman–Crippen LogP) is 1.84. The molecule has 0 aliphatic carbocycles. The van der Waals surface area contributed by atoms with E-state index >= 15 is 0 Å². The third-order valence-electron chi connectivity index (χ3n) is 2.44. The maximum absolute atomic E-state index is 10.7. The van der Waals surface area contributed by atoms with Crippen LogP contribution in [-0.2, 0) is 11.2 Å². The van der Waals surface area contributed by atoms with Crippen molar-refractivity contribution in [3.63, 3.8) is 0 Å². The van der Waals surface area contributed by atoms with Gasteiger partial charge in [0.05, 0.1) is 5.92 Å². The number of benzene rings is 1. The highest BCUT2D eigenvalue weighted by Crippen LogP contribution is 2.18. The molecule has 1 aromatic rings. The summed E-state index contributed by atoms with van der Waals surface area (Å²) in [6, 6.07) is 5.60. The Hall–Kier alpha value is -1.51. The minimum absolute atomic E-state index is 0.365. The molecule has 0 radical (unpaired) electrons. The van der Waals surface area contributed by atoms with Crippen LogP contribution in [0.2, 0.25) is 0 Å². The third kappa shape index (κ3) is 2.25. The van der Waals surface area contributed by atoms with Crippen molar-refractivity contribution in [1.82, 2.24) is 0 Å². The first-order valence-corrected chi connectivity index (χ1v) is 4.59. The van der Waals surface area contributed by atoms with Crippen molar-refractivity contribution in [3.05, 3.63) is 29.3 Å². The van der Waals surface area contributed by atoms with E-state index in [1.165, 1.54) is 0 Å². The van der Waals surface area contributed by atoms with E-state index in [2.05, 4.69) is 0 Å². The number of aliphatic carboxylic acids is 1. The van der Waals surface area contributed by atoms with Gasteiger partial charge in [-0.2, -0.15) is 0 Å². The molecule has 0 aromatic heterocycles. The molecule has 1 rings (SSSR count). The van der Waals surface area contributed by atoms with E-state index in [1.54, 1.807) is 6.92 Å². The monoisotopic (exact) mass is 193 g/mol. The number of anilines is 1. The predicted molar refractivity (Wildman–Crippen MR) is 56.1 cm³/mol. The summed E-state index contributed by atoms with van der Waals surface area (Å²) in [5.41, 5.74) is 8.45. The summed E-state index contributed by atoms with van der Waals surface area (Å²) in [6.45, 7) is 3.62. The lowest BCUT2D eigenvalue weighted by atomic mass is 9.97. The number of carboxylic acids is 1. The lowest BCUT2D eigenvalue weighted by Crippen LogP contribution is -2.13. The number of carboxylic acid groups (broad SMARTS) is 1. The highest BCUT2D eigenvalue weighted by Gasteiger charge is 2.13. The summed E-state index contributed by atoms with van der Waals surface area (Å²) in [4.78, 5) is 10.7. The quantitative estimate of drug-likeness (QED) is 0.720. The van der Waals surface area contributed by atoms with Crippen LogP contribution < -0.4 is 5.73 Å². The van der Waals surface area contributed by atoms with E-state index in [1.807, 2.05) is 25.1 Å². The summed E-state index contributed by atoms with van der Waals surface area (Å²) < 4.78 is 0. The van der Waals surface area contributed by atoms with Crippen LogP contribution in [0.4, 0.5) is 5.69 Å². The molecule has 14 heavy (non-hydrogen) atoms. The molecule has 3 nitrogen and oxygen atoms in total. The van der Waals surface area contributed by atoms with Gasteiger partial charge in [0.15, 0.2) is 0 Å². The molecule has 0 spiro atoms. The van der Waals surface area contributed by atoms with Crippen molar-refractivity contribution in [1.29, 1.82) is 0 Å². The van der Waals surface area contributed by atoms with Crippen molar-refractivity contribution in [2.24, 2.45) is 5.92 Å². The third-order valence-corrected chi connectivity index (χ3v) is 2.44. The Morgan fingerprint density at radius 3 is 2.79 bits per heavy atom. The Morgan fingerprint density at radius 2 is 2.21 bits per heavy atom. The Balaban J connectivity index is 2.87. The van der Waals surface area contributed by atoms with Crippen LogP contribution in [0.3, 0.4) is 0 Å². The number of hydrogen-bond donors (Lipinski definition) is 2. The number of nitrogens with two attached hydrogens (primary N) is 1. The Morgan fingerprint density at radius 1 is 1.57 bits per heavy atom. The second-order valence-electron chi connectivity index (χ2n) is 3.57. The number of rotatable bonds is 3. The molecule has 0 heterocycles. The van der Waals surface area contributed by atoms with E-state index in [0.29, 0.717) is 6.42 Å². The first-order chi connectivity index (χ1) is 6.52. The van der Waals surface area contributed by atoms with E-state index in [9.17, 15) is 4.79 Å². The second-order valence-corrected chi connectivity index (χ2v) is 3.57. The van der Waals surface area contributed by atoms with Gasteiger partial charge in [-0.3, -0.25) is 4.79 Å². The summed E-state index contributed by atoms with van der Waals surface area (Å²) >= 11 is 0. The van der Waals surface area contributed by atoms with Crippen molar-refractivity contribution in [2.45, 2.75) is 20.3 Å². The van der Waals surface area contributed by atoms with Crippen molar-refractivity contribution >= 4 is 11.7 Å². The Labute approximate surface area is 83.6 Å². The lowest BCUT2D eigenvalue weighted by molar-refractivity contribution is -0.141. The maximum atomic E-state index is 10.7. The molecule has 0 saturated heterocycles. The van der Waals surface area contributed by atoms with Gasteiger partial charge in [0.2, 0.25) is 0 Å². The van der Waals surface area contributed by atoms with E-state index < -0.39 is 5.97 Å². The van der Waals surface area contributed by atoms with Gasteiger partial charge in [-0.05, 0) is 30.5 Å². The Bertz CT molecular complexity index is 347. The normalized spacial score (nSPS) is 12.4. The van der Waals surface area contributed by atoms with Gasteiger partial charge in [-0.15, -0.1) is 0 Å². The molecule has 0 saturated carbocycles. The van der Waals surface area contributed by atoms with Crippen molar-refractivity contribution in [3.8, 4) is 0 Å². The van der Waals surface area contributed by atoms with Gasteiger partial charge in [0.25, 0.3) is 0 Å². The zero-order chi connectivity index (χ0) is 10.7. The van der Waals surface area contributed by atoms with Crippen molar-refractivity contribution in [2.75, 3.05) is 5.73 Å². The molecule has 0 bridgehead atoms. The molecule has 1 atom stereocenters. The van der Waals surface area contributed by atoms with Crippen LogP contribution in [0.25, 0.3) is 0 Å². The number of nitrogen functional groups attached to an aromatic ring is 1. The minimum atomic E-state index is -0.771. The average molecular weight is 193 g/mol. The van der Waals surface area contributed by atoms with Crippen LogP contribution in [0.1, 0.15) is 18.1 Å². The van der Waals surface area contributed by atoms with Gasteiger partial charge < -0.3 is 10.8 Å². The first kappa shape index (κ1) is 10.6. The maximum Gasteiger partial charge on any atom is 0.306 e. The molecular weight excluding hydrogens is 178 g/mol. The van der Waals surface area contributed by atoms with Crippen LogP contribution in [0.5, 0.6) is 0 Å². The van der Waals surface area contributed by atoms with Gasteiger partial charge >= 0.3 is 5.97 Å². The van der Waals surface area contributed by atoms with E-state index in [4.69, 9.17) is 10.8 Å². The van der Waals surface area contributed by atoms with Gasteiger partial charge in [0, 0.05) is 5.69 Å². The number of hydrogen-bond acceptors (Lipinski definition) is 2. The molecule has 0 fully saturated rings. The zero-order valence-electron chi connectivity index (χ0n) is 8.45. The van der Waals surface area contributed by atoms with E-state index in [-0.39, 0.29) is 5.92 Å². The molecular formula is C11H15NO2. The largest absolute Gasteiger partial charge is 0.481 e. The van der Waals surface area contributed by atoms with Crippen LogP contribution in [0.15, 0.2) is 18.2 Å². The molecule has 3 N–H and O–H groups in total. The SMILES string of the molecule is Cc1c(N)cccc1CC(C)C(=O)O. The van der Waals surface area contributed by atoms with Crippen LogP contribution in [0, 0.1) is 12.8 Å². The van der Waals surface area contributed by atoms with E-state index in [0.717, 1.165) is 16.8 Å². The summed E-state index contributed by atoms with van der Waals surface area (Å²) in [5, 5.41) is 8.77. The van der Waals surface area contributed by atoms with Crippen LogP contribution >= 0.6 is 0 Å². The summed E-state index contributed by atoms with van der Waals surface area (Å²) in [6.07, 6.45) is 0.534. The fraction of sp³-hybridized carbons (Fsp3) is 0.364. The molecule has 0 aliphatic rings. The second kappa shape index (κ2) is 4.13. The molecule has 76 valence electrons. The fourth-order valence-corrected chi connectivity index (χ4v) is 1.34. The minimum Gasteiger partial charge on any atom is -0.481 e. The van der Waals surface area contributed by atoms with Gasteiger partial charge in [0.1, 0.15) is 0 Å². The average Bonchev–Trinajstić information content (AvgIpc) is 2.12. The highest BCUT2D eigenvalue weighted by atomic mass is 16.4. The molecule has 1 unspecified atom stereocenters. The zero-order valence-corrected chi connectivity index (χ0v) is 8.45. The Kier molecular flexibility index (Phi) is 3.12. The topological polar surface area (TPSA) is 63.3 Å². The molecule has 3 heteroatoms. The fourth-order valence-electron chi connectivity index (χ4n) is 1.34. The highest BCUT2D eigenvalue weighted by molar-refractivity contribution is 5.70. The summed E-state index contributed by atoms with van der Waals surface area (Å²) in [7, 11) is 0. The van der Waals surface area contributed by atoms with Crippen molar-refractivity contribution < 1.29 is 9.90 Å². The van der Waals surface area contributed by atoms with Gasteiger partial charge in [-0.1, -0.05) is 19.1 Å². The van der Waals surface area contributed by atoms with Gasteiger partial charge in [-0.25, -0.2) is 0 Å². The lowest BCUT2D eigenvalue weighted by Gasteiger charge is -2.10. The standard InChI is InChI=1S/C11H15NO2/c1-7(11(13)14)6-9-4-3-5-10(12)8(9)2/h3-5,7H,6,12H2,1-2H3,(H,13,14). The molecule has 1 aromatic carbocycles.